The van der Waals surface area contributed by atoms with Gasteiger partial charge in [-0.2, -0.15) is 0 Å². The molecule has 0 amide bonds. The molecule has 3 nitrogen and oxygen atoms in total. The molecule has 0 aromatic heterocycles. The molecule has 0 spiro atoms. The Morgan fingerprint density at radius 1 is 1.18 bits per heavy atom. The molecule has 0 aliphatic heterocycles. The average molecular weight is 254 g/mol. The number of hydrogen-bond donors (Lipinski definition) is 1. The van der Waals surface area contributed by atoms with Gasteiger partial charge < -0.3 is 5.11 Å². The summed E-state index contributed by atoms with van der Waals surface area (Å²) in [7, 11) is -0.953. The van der Waals surface area contributed by atoms with Crippen LogP contribution in [0.25, 0.3) is 0 Å². The van der Waals surface area contributed by atoms with Crippen LogP contribution in [0.5, 0.6) is 0 Å². The van der Waals surface area contributed by atoms with Crippen LogP contribution < -0.4 is 0 Å². The highest BCUT2D eigenvalue weighted by molar-refractivity contribution is 7.85. The third kappa shape index (κ3) is 5.63. The molecule has 1 aromatic rings. The predicted molar refractivity (Wildman–Crippen MR) is 68.6 cm³/mol. The number of benzene rings is 1. The maximum atomic E-state index is 11.8. The van der Waals surface area contributed by atoms with E-state index in [0.717, 1.165) is 23.3 Å². The van der Waals surface area contributed by atoms with Gasteiger partial charge in [0.05, 0.1) is 10.8 Å². The first-order valence-electron chi connectivity index (χ1n) is 5.76. The minimum absolute atomic E-state index is 0.206. The molecule has 1 atom stereocenters. The van der Waals surface area contributed by atoms with Crippen LogP contribution in [-0.2, 0) is 15.6 Å². The summed E-state index contributed by atoms with van der Waals surface area (Å²) >= 11 is 0. The third-order valence-electron chi connectivity index (χ3n) is 2.50. The van der Waals surface area contributed by atoms with E-state index in [1.807, 2.05) is 31.2 Å². The first-order chi connectivity index (χ1) is 8.09. The Morgan fingerprint density at radius 2 is 1.82 bits per heavy atom. The third-order valence-corrected chi connectivity index (χ3v) is 3.96. The van der Waals surface area contributed by atoms with Crippen molar-refractivity contribution in [2.24, 2.45) is 0 Å². The quantitative estimate of drug-likeness (QED) is 0.761. The fourth-order valence-electron chi connectivity index (χ4n) is 1.49. The Hall–Kier alpha value is -1.16. The average Bonchev–Trinajstić information content (AvgIpc) is 2.29. The minimum Gasteiger partial charge on any atom is -0.481 e. The van der Waals surface area contributed by atoms with Crippen molar-refractivity contribution in [1.82, 2.24) is 0 Å². The molecule has 0 heterocycles. The molecule has 94 valence electrons. The van der Waals surface area contributed by atoms with E-state index in [9.17, 15) is 9.00 Å². The smallest absolute Gasteiger partial charge is 0.303 e. The lowest BCUT2D eigenvalue weighted by molar-refractivity contribution is -0.137. The number of rotatable bonds is 7. The van der Waals surface area contributed by atoms with E-state index in [1.54, 1.807) is 0 Å². The maximum Gasteiger partial charge on any atom is 0.303 e. The lowest BCUT2D eigenvalue weighted by Gasteiger charge is -2.02. The first kappa shape index (κ1) is 13.9. The highest BCUT2D eigenvalue weighted by Gasteiger charge is 2.03. The molecule has 0 aliphatic rings. The second kappa shape index (κ2) is 7.22. The summed E-state index contributed by atoms with van der Waals surface area (Å²) in [5, 5.41) is 8.47. The Bertz CT molecular complexity index is 384. The van der Waals surface area contributed by atoms with Crippen molar-refractivity contribution < 1.29 is 14.1 Å². The van der Waals surface area contributed by atoms with E-state index in [1.165, 1.54) is 0 Å². The number of carboxylic acid groups (broad SMARTS) is 1. The zero-order valence-corrected chi connectivity index (χ0v) is 10.8. The summed E-state index contributed by atoms with van der Waals surface area (Å²) in [6.07, 6.45) is 2.51. The molecule has 0 saturated heterocycles. The van der Waals surface area contributed by atoms with Gasteiger partial charge in [0.2, 0.25) is 0 Å². The standard InChI is InChI=1S/C13H18O3S/c1-11-6-8-12(9-7-11)17(16)10-4-2-3-5-13(14)15/h6-9H,2-5,10H2,1H3,(H,14,15). The van der Waals surface area contributed by atoms with Crippen molar-refractivity contribution in [2.45, 2.75) is 37.5 Å². The SMILES string of the molecule is Cc1ccc(S(=O)CCCCCC(=O)O)cc1. The fourth-order valence-corrected chi connectivity index (χ4v) is 2.64. The van der Waals surface area contributed by atoms with E-state index in [-0.39, 0.29) is 6.42 Å². The summed E-state index contributed by atoms with van der Waals surface area (Å²) in [5.41, 5.74) is 1.16. The van der Waals surface area contributed by atoms with Gasteiger partial charge >= 0.3 is 5.97 Å². The first-order valence-corrected chi connectivity index (χ1v) is 7.08. The molecule has 0 aliphatic carbocycles. The second-order valence-corrected chi connectivity index (χ2v) is 5.64. The van der Waals surface area contributed by atoms with E-state index in [0.29, 0.717) is 12.2 Å². The van der Waals surface area contributed by atoms with Crippen LogP contribution in [0, 0.1) is 6.92 Å². The van der Waals surface area contributed by atoms with E-state index in [2.05, 4.69) is 0 Å². The van der Waals surface area contributed by atoms with Crippen molar-refractivity contribution in [3.8, 4) is 0 Å². The van der Waals surface area contributed by atoms with Crippen LogP contribution >= 0.6 is 0 Å². The van der Waals surface area contributed by atoms with Gasteiger partial charge in [-0.25, -0.2) is 0 Å². The zero-order valence-electron chi connectivity index (χ0n) is 10.0. The maximum absolute atomic E-state index is 11.8. The van der Waals surface area contributed by atoms with Crippen molar-refractivity contribution in [2.75, 3.05) is 5.75 Å². The molecular weight excluding hydrogens is 236 g/mol. The lowest BCUT2D eigenvalue weighted by atomic mass is 10.2. The number of aliphatic carboxylic acids is 1. The van der Waals surface area contributed by atoms with Crippen LogP contribution in [0.1, 0.15) is 31.2 Å². The Morgan fingerprint density at radius 3 is 2.41 bits per heavy atom. The molecule has 0 radical (unpaired) electrons. The largest absolute Gasteiger partial charge is 0.481 e. The Balaban J connectivity index is 2.25. The van der Waals surface area contributed by atoms with Gasteiger partial charge in [0.25, 0.3) is 0 Å². The number of hydrogen-bond acceptors (Lipinski definition) is 2. The van der Waals surface area contributed by atoms with E-state index >= 15 is 0 Å². The van der Waals surface area contributed by atoms with Gasteiger partial charge in [0.1, 0.15) is 0 Å². The highest BCUT2D eigenvalue weighted by Crippen LogP contribution is 2.10. The number of aryl methyl sites for hydroxylation is 1. The molecule has 1 aromatic carbocycles. The van der Waals surface area contributed by atoms with Gasteiger partial charge in [-0.3, -0.25) is 9.00 Å². The molecule has 0 bridgehead atoms. The summed E-state index contributed by atoms with van der Waals surface area (Å²) in [4.78, 5) is 11.1. The number of carbonyl (C=O) groups is 1. The monoisotopic (exact) mass is 254 g/mol. The topological polar surface area (TPSA) is 54.4 Å². The molecular formula is C13H18O3S. The van der Waals surface area contributed by atoms with Crippen LogP contribution in [-0.4, -0.2) is 21.0 Å². The lowest BCUT2D eigenvalue weighted by Crippen LogP contribution is -1.99. The zero-order chi connectivity index (χ0) is 12.7. The van der Waals surface area contributed by atoms with Crippen LogP contribution in [0.4, 0.5) is 0 Å². The summed E-state index contributed by atoms with van der Waals surface area (Å²) in [5.74, 6) is -0.146. The van der Waals surface area contributed by atoms with Crippen molar-refractivity contribution >= 4 is 16.8 Å². The van der Waals surface area contributed by atoms with Crippen LogP contribution in [0.15, 0.2) is 29.2 Å². The van der Waals surface area contributed by atoms with Gasteiger partial charge in [-0.05, 0) is 31.9 Å². The number of carboxylic acids is 1. The van der Waals surface area contributed by atoms with Crippen LogP contribution in [0.2, 0.25) is 0 Å². The van der Waals surface area contributed by atoms with Gasteiger partial charge in [-0.15, -0.1) is 0 Å². The van der Waals surface area contributed by atoms with Crippen molar-refractivity contribution in [3.05, 3.63) is 29.8 Å². The molecule has 0 saturated carbocycles. The predicted octanol–water partition coefficient (Wildman–Crippen LogP) is 2.75. The van der Waals surface area contributed by atoms with Crippen molar-refractivity contribution in [3.63, 3.8) is 0 Å². The van der Waals surface area contributed by atoms with E-state index in [4.69, 9.17) is 5.11 Å². The van der Waals surface area contributed by atoms with Gasteiger partial charge in [-0.1, -0.05) is 24.1 Å². The van der Waals surface area contributed by atoms with Gasteiger partial charge in [0, 0.05) is 17.1 Å². The Labute approximate surface area is 104 Å². The van der Waals surface area contributed by atoms with Crippen LogP contribution in [0.3, 0.4) is 0 Å². The molecule has 0 fully saturated rings. The molecule has 1 rings (SSSR count). The van der Waals surface area contributed by atoms with Crippen molar-refractivity contribution in [1.29, 1.82) is 0 Å². The minimum atomic E-state index is -0.953. The number of unbranched alkanes of at least 4 members (excludes halogenated alkanes) is 2. The summed E-state index contributed by atoms with van der Waals surface area (Å²) in [6, 6.07) is 7.70. The molecule has 17 heavy (non-hydrogen) atoms. The summed E-state index contributed by atoms with van der Waals surface area (Å²) < 4.78 is 11.8. The van der Waals surface area contributed by atoms with E-state index < -0.39 is 16.8 Å². The molecule has 1 unspecified atom stereocenters. The molecule has 1 N–H and O–H groups in total. The molecule has 4 heteroatoms. The highest BCUT2D eigenvalue weighted by atomic mass is 32.2. The summed E-state index contributed by atoms with van der Waals surface area (Å²) in [6.45, 7) is 2.00. The normalized spacial score (nSPS) is 12.3. The fraction of sp³-hybridized carbons (Fsp3) is 0.462. The Kier molecular flexibility index (Phi) is 5.91. The second-order valence-electron chi connectivity index (χ2n) is 4.07. The van der Waals surface area contributed by atoms with Gasteiger partial charge in [0.15, 0.2) is 0 Å².